The van der Waals surface area contributed by atoms with Crippen LogP contribution in [0.5, 0.6) is 0 Å². The molecule has 0 amide bonds. The van der Waals surface area contributed by atoms with Crippen LogP contribution in [-0.2, 0) is 9.47 Å². The van der Waals surface area contributed by atoms with E-state index in [4.69, 9.17) is 9.47 Å². The molecule has 3 rings (SSSR count). The van der Waals surface area contributed by atoms with Gasteiger partial charge in [-0.15, -0.1) is 0 Å². The Labute approximate surface area is 96.6 Å². The summed E-state index contributed by atoms with van der Waals surface area (Å²) in [7, 11) is 0. The average molecular weight is 218 g/mol. The molecule has 3 atom stereocenters. The van der Waals surface area contributed by atoms with E-state index < -0.39 is 0 Å². The van der Waals surface area contributed by atoms with E-state index in [0.717, 1.165) is 12.2 Å². The Morgan fingerprint density at radius 3 is 2.69 bits per heavy atom. The van der Waals surface area contributed by atoms with Crippen LogP contribution in [0.4, 0.5) is 0 Å². The van der Waals surface area contributed by atoms with Crippen LogP contribution in [-0.4, -0.2) is 12.7 Å². The molecular weight excluding hydrogens is 200 g/mol. The van der Waals surface area contributed by atoms with Gasteiger partial charge in [-0.1, -0.05) is 43.2 Å². The summed E-state index contributed by atoms with van der Waals surface area (Å²) in [5, 5.41) is 0. The predicted octanol–water partition coefficient (Wildman–Crippen LogP) is 3.29. The number of fused-ring (bicyclic) bond motifs is 1. The minimum absolute atomic E-state index is 0.138. The van der Waals surface area contributed by atoms with Crippen LogP contribution >= 0.6 is 0 Å². The van der Waals surface area contributed by atoms with E-state index in [1.165, 1.54) is 25.7 Å². The van der Waals surface area contributed by atoms with Gasteiger partial charge in [0.15, 0.2) is 6.29 Å². The molecule has 1 aromatic carbocycles. The zero-order chi connectivity index (χ0) is 10.8. The fourth-order valence-electron chi connectivity index (χ4n) is 2.74. The summed E-state index contributed by atoms with van der Waals surface area (Å²) in [6, 6.07) is 10.3. The molecule has 1 aliphatic heterocycles. The highest BCUT2D eigenvalue weighted by molar-refractivity contribution is 5.16. The fourth-order valence-corrected chi connectivity index (χ4v) is 2.74. The maximum absolute atomic E-state index is 6.05. The number of hydrogen-bond acceptors (Lipinski definition) is 2. The largest absolute Gasteiger partial charge is 0.348 e. The van der Waals surface area contributed by atoms with Crippen molar-refractivity contribution in [2.45, 2.75) is 38.1 Å². The van der Waals surface area contributed by atoms with Crippen molar-refractivity contribution in [1.29, 1.82) is 0 Å². The van der Waals surface area contributed by atoms with Crippen molar-refractivity contribution < 1.29 is 9.47 Å². The van der Waals surface area contributed by atoms with Crippen molar-refractivity contribution in [3.05, 3.63) is 35.9 Å². The van der Waals surface area contributed by atoms with Crippen LogP contribution in [0.15, 0.2) is 30.3 Å². The maximum Gasteiger partial charge on any atom is 0.184 e. The van der Waals surface area contributed by atoms with Gasteiger partial charge in [-0.3, -0.25) is 0 Å². The molecule has 0 N–H and O–H groups in total. The monoisotopic (exact) mass is 218 g/mol. The van der Waals surface area contributed by atoms with E-state index in [1.807, 2.05) is 18.2 Å². The van der Waals surface area contributed by atoms with E-state index in [1.54, 1.807) is 0 Å². The third kappa shape index (κ3) is 2.00. The second-order valence-corrected chi connectivity index (χ2v) is 4.80. The molecule has 0 radical (unpaired) electrons. The van der Waals surface area contributed by atoms with Crippen molar-refractivity contribution in [2.75, 3.05) is 6.61 Å². The fraction of sp³-hybridized carbons (Fsp3) is 0.571. The topological polar surface area (TPSA) is 18.5 Å². The molecule has 1 heterocycles. The Morgan fingerprint density at radius 2 is 1.81 bits per heavy atom. The van der Waals surface area contributed by atoms with Crippen molar-refractivity contribution >= 4 is 0 Å². The Bertz CT molecular complexity index is 336. The number of ether oxygens (including phenoxy) is 2. The smallest absolute Gasteiger partial charge is 0.184 e. The third-order valence-electron chi connectivity index (χ3n) is 3.67. The number of rotatable bonds is 1. The Balaban J connectivity index is 1.71. The van der Waals surface area contributed by atoms with Gasteiger partial charge in [-0.2, -0.15) is 0 Å². The van der Waals surface area contributed by atoms with Gasteiger partial charge in [0.05, 0.1) is 12.7 Å². The second kappa shape index (κ2) is 4.56. The first-order chi connectivity index (χ1) is 7.93. The van der Waals surface area contributed by atoms with Gasteiger partial charge in [0.1, 0.15) is 0 Å². The summed E-state index contributed by atoms with van der Waals surface area (Å²) in [5.41, 5.74) is 1.14. The quantitative estimate of drug-likeness (QED) is 0.720. The summed E-state index contributed by atoms with van der Waals surface area (Å²) in [6.45, 7) is 0.865. The second-order valence-electron chi connectivity index (χ2n) is 4.80. The number of benzene rings is 1. The first kappa shape index (κ1) is 10.3. The van der Waals surface area contributed by atoms with Crippen LogP contribution in [0.1, 0.15) is 37.5 Å². The van der Waals surface area contributed by atoms with Gasteiger partial charge in [0.25, 0.3) is 0 Å². The molecule has 86 valence electrons. The summed E-state index contributed by atoms with van der Waals surface area (Å²) >= 11 is 0. The van der Waals surface area contributed by atoms with Crippen molar-refractivity contribution in [3.63, 3.8) is 0 Å². The van der Waals surface area contributed by atoms with E-state index in [0.29, 0.717) is 12.0 Å². The van der Waals surface area contributed by atoms with Gasteiger partial charge in [0.2, 0.25) is 0 Å². The maximum atomic E-state index is 6.05. The average Bonchev–Trinajstić information content (AvgIpc) is 2.39. The van der Waals surface area contributed by atoms with E-state index in [9.17, 15) is 0 Å². The molecule has 1 saturated carbocycles. The lowest BCUT2D eigenvalue weighted by atomic mass is 9.86. The standard InChI is InChI=1S/C14H18O2/c1-2-6-11(7-3-1)14-15-10-12-8-4-5-9-13(12)16-14/h1-3,6-7,12-14H,4-5,8-10H2/t12-,13+,14-/m1/s1. The zero-order valence-corrected chi connectivity index (χ0v) is 9.47. The minimum Gasteiger partial charge on any atom is -0.348 e. The molecule has 2 fully saturated rings. The number of hydrogen-bond donors (Lipinski definition) is 0. The Kier molecular flexibility index (Phi) is 2.94. The van der Waals surface area contributed by atoms with E-state index >= 15 is 0 Å². The van der Waals surface area contributed by atoms with Gasteiger partial charge in [-0.05, 0) is 12.8 Å². The first-order valence-electron chi connectivity index (χ1n) is 6.25. The zero-order valence-electron chi connectivity index (χ0n) is 9.47. The lowest BCUT2D eigenvalue weighted by molar-refractivity contribution is -0.248. The third-order valence-corrected chi connectivity index (χ3v) is 3.67. The molecule has 2 nitrogen and oxygen atoms in total. The molecule has 16 heavy (non-hydrogen) atoms. The highest BCUT2D eigenvalue weighted by atomic mass is 16.7. The van der Waals surface area contributed by atoms with Gasteiger partial charge >= 0.3 is 0 Å². The predicted molar refractivity (Wildman–Crippen MR) is 62.0 cm³/mol. The van der Waals surface area contributed by atoms with Crippen molar-refractivity contribution in [2.24, 2.45) is 5.92 Å². The molecule has 0 aromatic heterocycles. The van der Waals surface area contributed by atoms with Crippen LogP contribution < -0.4 is 0 Å². The minimum atomic E-state index is -0.138. The van der Waals surface area contributed by atoms with E-state index in [-0.39, 0.29) is 6.29 Å². The molecule has 1 saturated heterocycles. The summed E-state index contributed by atoms with van der Waals surface area (Å²) in [5.74, 6) is 0.633. The summed E-state index contributed by atoms with van der Waals surface area (Å²) < 4.78 is 11.9. The molecule has 1 aliphatic carbocycles. The molecule has 2 aliphatic rings. The van der Waals surface area contributed by atoms with Crippen LogP contribution in [0, 0.1) is 5.92 Å². The molecule has 0 spiro atoms. The van der Waals surface area contributed by atoms with Crippen LogP contribution in [0.25, 0.3) is 0 Å². The van der Waals surface area contributed by atoms with Crippen molar-refractivity contribution in [3.8, 4) is 0 Å². The summed E-state index contributed by atoms with van der Waals surface area (Å²) in [6.07, 6.45) is 5.41. The SMILES string of the molecule is c1ccc([C@@H]2OC[C@H]3CCCC[C@@H]3O2)cc1. The van der Waals surface area contributed by atoms with Crippen molar-refractivity contribution in [1.82, 2.24) is 0 Å². The van der Waals surface area contributed by atoms with Crippen LogP contribution in [0.2, 0.25) is 0 Å². The first-order valence-corrected chi connectivity index (χ1v) is 6.25. The van der Waals surface area contributed by atoms with Gasteiger partial charge in [0, 0.05) is 11.5 Å². The highest BCUT2D eigenvalue weighted by Gasteiger charge is 2.34. The lowest BCUT2D eigenvalue weighted by Gasteiger charge is -2.39. The molecule has 2 heteroatoms. The molecule has 0 unspecified atom stereocenters. The molecule has 1 aromatic rings. The Hall–Kier alpha value is -0.860. The normalized spacial score (nSPS) is 34.4. The lowest BCUT2D eigenvalue weighted by Crippen LogP contribution is -2.38. The molecular formula is C14H18O2. The van der Waals surface area contributed by atoms with E-state index in [2.05, 4.69) is 12.1 Å². The summed E-state index contributed by atoms with van der Waals surface area (Å²) in [4.78, 5) is 0. The van der Waals surface area contributed by atoms with Crippen LogP contribution in [0.3, 0.4) is 0 Å². The van der Waals surface area contributed by atoms with Gasteiger partial charge < -0.3 is 9.47 Å². The van der Waals surface area contributed by atoms with Gasteiger partial charge in [-0.25, -0.2) is 0 Å². The highest BCUT2D eigenvalue weighted by Crippen LogP contribution is 2.36. The Morgan fingerprint density at radius 1 is 1.00 bits per heavy atom. The molecule has 0 bridgehead atoms.